The van der Waals surface area contributed by atoms with Crippen LogP contribution in [0.3, 0.4) is 0 Å². The molecule has 1 saturated heterocycles. The molecular formula is C20H22O2. The fourth-order valence-electron chi connectivity index (χ4n) is 10.8. The number of allylic oxidation sites excluding steroid dienone is 2. The second-order valence-electron chi connectivity index (χ2n) is 9.87. The summed E-state index contributed by atoms with van der Waals surface area (Å²) in [4.78, 5) is 12.6. The van der Waals surface area contributed by atoms with E-state index < -0.39 is 0 Å². The van der Waals surface area contributed by atoms with E-state index in [2.05, 4.69) is 12.2 Å². The van der Waals surface area contributed by atoms with Crippen LogP contribution in [0.25, 0.3) is 0 Å². The fraction of sp³-hybridized carbons (Fsp3) is 0.850. The van der Waals surface area contributed by atoms with Gasteiger partial charge < -0.3 is 9.53 Å². The van der Waals surface area contributed by atoms with Gasteiger partial charge in [-0.2, -0.15) is 0 Å². The lowest BCUT2D eigenvalue weighted by Crippen LogP contribution is -2.59. The largest absolute Gasteiger partial charge is 0.373 e. The highest BCUT2D eigenvalue weighted by Crippen LogP contribution is 2.88. The first-order chi connectivity index (χ1) is 10.9. The number of hydrogen-bond acceptors (Lipinski definition) is 2. The molecule has 0 amide bonds. The number of ether oxygens (including phenoxy) is 1. The summed E-state index contributed by atoms with van der Waals surface area (Å²) in [5.41, 5.74) is -0.0737. The lowest BCUT2D eigenvalue weighted by molar-refractivity contribution is -0.204. The van der Waals surface area contributed by atoms with Crippen LogP contribution < -0.4 is 0 Å². The molecule has 1 heterocycles. The summed E-state index contributed by atoms with van der Waals surface area (Å²) in [6, 6.07) is 0. The molecule has 22 heavy (non-hydrogen) atoms. The predicted molar refractivity (Wildman–Crippen MR) is 78.5 cm³/mol. The second kappa shape index (κ2) is 2.90. The Morgan fingerprint density at radius 3 is 2.77 bits per heavy atom. The minimum Gasteiger partial charge on any atom is -0.373 e. The van der Waals surface area contributed by atoms with Crippen LogP contribution in [0.4, 0.5) is 0 Å². The van der Waals surface area contributed by atoms with Gasteiger partial charge in [-0.15, -0.1) is 0 Å². The van der Waals surface area contributed by atoms with Crippen LogP contribution in [-0.4, -0.2) is 18.5 Å². The van der Waals surface area contributed by atoms with Gasteiger partial charge in [-0.1, -0.05) is 12.2 Å². The molecule has 2 heteroatoms. The van der Waals surface area contributed by atoms with Gasteiger partial charge in [0.2, 0.25) is 0 Å². The van der Waals surface area contributed by atoms with E-state index in [1.807, 2.05) is 0 Å². The highest BCUT2D eigenvalue weighted by atomic mass is 16.5. The molecule has 0 radical (unpaired) electrons. The van der Waals surface area contributed by atoms with Gasteiger partial charge in [0.1, 0.15) is 6.29 Å². The van der Waals surface area contributed by atoms with Crippen molar-refractivity contribution in [3.8, 4) is 0 Å². The molecule has 2 nitrogen and oxygen atoms in total. The Labute approximate surface area is 130 Å². The SMILES string of the molecule is O=C[C@]12[C@@H]3[C@@H]4CC[C@@H]5O[C@@H]1[C@H]1[C@H]6[C@H]7CC=C[C@@H]7[C@H]2[C@@H]6[C@H]3[C@H]1[C@H]45. The van der Waals surface area contributed by atoms with Crippen LogP contribution in [0, 0.1) is 70.5 Å². The number of aldehydes is 1. The van der Waals surface area contributed by atoms with E-state index >= 15 is 0 Å². The molecule has 9 bridgehead atoms. The first kappa shape index (κ1) is 11.0. The molecule has 8 aliphatic carbocycles. The van der Waals surface area contributed by atoms with Crippen molar-refractivity contribution in [1.82, 2.24) is 0 Å². The van der Waals surface area contributed by atoms with E-state index in [0.29, 0.717) is 24.0 Å². The van der Waals surface area contributed by atoms with E-state index in [-0.39, 0.29) is 5.41 Å². The van der Waals surface area contributed by atoms with E-state index in [4.69, 9.17) is 4.74 Å². The normalized spacial score (nSPS) is 78.8. The molecule has 0 spiro atoms. The van der Waals surface area contributed by atoms with Crippen molar-refractivity contribution in [2.45, 2.75) is 31.5 Å². The molecule has 8 fully saturated rings. The Balaban J connectivity index is 1.48. The summed E-state index contributed by atoms with van der Waals surface area (Å²) in [5, 5.41) is 0. The lowest BCUT2D eigenvalue weighted by atomic mass is 9.56. The van der Waals surface area contributed by atoms with Crippen LogP contribution in [0.1, 0.15) is 19.3 Å². The zero-order chi connectivity index (χ0) is 14.0. The van der Waals surface area contributed by atoms with Gasteiger partial charge in [0.25, 0.3) is 0 Å². The number of rotatable bonds is 1. The smallest absolute Gasteiger partial charge is 0.129 e. The number of fused-ring (bicyclic) bond motifs is 1. The number of hydrogen-bond donors (Lipinski definition) is 0. The summed E-state index contributed by atoms with van der Waals surface area (Å²) in [7, 11) is 0. The lowest BCUT2D eigenvalue weighted by Gasteiger charge is -2.54. The first-order valence-corrected chi connectivity index (χ1v) is 9.66. The van der Waals surface area contributed by atoms with Crippen molar-refractivity contribution in [3.05, 3.63) is 12.2 Å². The second-order valence-corrected chi connectivity index (χ2v) is 9.87. The molecule has 14 atom stereocenters. The molecular weight excluding hydrogens is 272 g/mol. The van der Waals surface area contributed by atoms with E-state index in [1.54, 1.807) is 0 Å². The molecule has 9 rings (SSSR count). The van der Waals surface area contributed by atoms with E-state index in [1.165, 1.54) is 25.5 Å². The first-order valence-electron chi connectivity index (χ1n) is 9.66. The molecule has 0 aromatic carbocycles. The average molecular weight is 294 g/mol. The summed E-state index contributed by atoms with van der Waals surface area (Å²) >= 11 is 0. The molecule has 9 aliphatic rings. The monoisotopic (exact) mass is 294 g/mol. The molecule has 0 aromatic heterocycles. The van der Waals surface area contributed by atoms with Gasteiger partial charge in [-0.3, -0.25) is 0 Å². The highest BCUT2D eigenvalue weighted by molar-refractivity contribution is 5.67. The van der Waals surface area contributed by atoms with Crippen LogP contribution in [0.5, 0.6) is 0 Å². The van der Waals surface area contributed by atoms with Crippen molar-refractivity contribution in [2.75, 3.05) is 0 Å². The Bertz CT molecular complexity index is 667. The molecule has 1 aliphatic heterocycles. The Morgan fingerprint density at radius 1 is 0.955 bits per heavy atom. The van der Waals surface area contributed by atoms with Crippen molar-refractivity contribution >= 4 is 6.29 Å². The maximum atomic E-state index is 12.6. The minimum atomic E-state index is -0.0737. The molecule has 0 aromatic rings. The Hall–Kier alpha value is -0.630. The van der Waals surface area contributed by atoms with E-state index in [0.717, 1.165) is 53.3 Å². The van der Waals surface area contributed by atoms with Gasteiger partial charge in [-0.05, 0) is 84.4 Å². The summed E-state index contributed by atoms with van der Waals surface area (Å²) in [6.07, 6.45) is 11.2. The number of carbonyl (C=O) groups is 1. The van der Waals surface area contributed by atoms with Crippen molar-refractivity contribution in [2.24, 2.45) is 70.5 Å². The summed E-state index contributed by atoms with van der Waals surface area (Å²) in [6.45, 7) is 0. The predicted octanol–water partition coefficient (Wildman–Crippen LogP) is 2.54. The topological polar surface area (TPSA) is 26.3 Å². The zero-order valence-electron chi connectivity index (χ0n) is 12.7. The van der Waals surface area contributed by atoms with Gasteiger partial charge in [0.05, 0.1) is 17.6 Å². The number of carbonyl (C=O) groups excluding carboxylic acids is 1. The van der Waals surface area contributed by atoms with Crippen LogP contribution in [0.15, 0.2) is 12.2 Å². The average Bonchev–Trinajstić information content (AvgIpc) is 3.25. The third kappa shape index (κ3) is 0.719. The summed E-state index contributed by atoms with van der Waals surface area (Å²) in [5.74, 6) is 9.08. The molecule has 0 unspecified atom stereocenters. The Morgan fingerprint density at radius 2 is 1.86 bits per heavy atom. The van der Waals surface area contributed by atoms with Crippen LogP contribution in [-0.2, 0) is 9.53 Å². The standard InChI is InChI=1S/C20H22O2/c21-6-20-17-8-3-1-2-7(8)12-14(17)15-13-11-9(18(15)20)4-5-10(11)22-19(20)16(12)13/h1,3,6-19H,2,4-5H2/t7-,8-,9+,10-,11+,12-,13+,14-,15+,16-,17-,18+,19+,20-/m0/s1. The van der Waals surface area contributed by atoms with Crippen molar-refractivity contribution in [1.29, 1.82) is 0 Å². The quantitative estimate of drug-likeness (QED) is 0.549. The summed E-state index contributed by atoms with van der Waals surface area (Å²) < 4.78 is 6.77. The highest BCUT2D eigenvalue weighted by Gasteiger charge is 2.89. The Kier molecular flexibility index (Phi) is 1.45. The van der Waals surface area contributed by atoms with Gasteiger partial charge in [-0.25, -0.2) is 0 Å². The van der Waals surface area contributed by atoms with Gasteiger partial charge >= 0.3 is 0 Å². The van der Waals surface area contributed by atoms with Crippen LogP contribution in [0.2, 0.25) is 0 Å². The minimum absolute atomic E-state index is 0.0737. The zero-order valence-corrected chi connectivity index (χ0v) is 12.7. The van der Waals surface area contributed by atoms with Crippen LogP contribution >= 0.6 is 0 Å². The maximum Gasteiger partial charge on any atom is 0.129 e. The van der Waals surface area contributed by atoms with Crippen molar-refractivity contribution in [3.63, 3.8) is 0 Å². The third-order valence-corrected chi connectivity index (χ3v) is 10.4. The van der Waals surface area contributed by atoms with Gasteiger partial charge in [0, 0.05) is 0 Å². The van der Waals surface area contributed by atoms with Crippen molar-refractivity contribution < 1.29 is 9.53 Å². The van der Waals surface area contributed by atoms with Gasteiger partial charge in [0.15, 0.2) is 0 Å². The molecule has 7 saturated carbocycles. The fourth-order valence-corrected chi connectivity index (χ4v) is 10.8. The molecule has 0 N–H and O–H groups in total. The maximum absolute atomic E-state index is 12.6. The van der Waals surface area contributed by atoms with E-state index in [9.17, 15) is 4.79 Å². The molecule has 114 valence electrons. The third-order valence-electron chi connectivity index (χ3n) is 10.4.